The second kappa shape index (κ2) is 21.0. The summed E-state index contributed by atoms with van der Waals surface area (Å²) in [6.07, 6.45) is 1.92. The van der Waals surface area contributed by atoms with Crippen LogP contribution in [-0.4, -0.2) is 21.6 Å². The van der Waals surface area contributed by atoms with Gasteiger partial charge in [0, 0.05) is 32.7 Å². The smallest absolute Gasteiger partial charge is 0.778 e. The zero-order chi connectivity index (χ0) is 9.78. The molecule has 2 N–H and O–H groups in total. The summed E-state index contributed by atoms with van der Waals surface area (Å²) in [5, 5.41) is 8.39. The van der Waals surface area contributed by atoms with Crippen molar-refractivity contribution in [3.05, 3.63) is 6.42 Å². The number of rotatable bonds is 5. The van der Waals surface area contributed by atoms with E-state index in [0.29, 0.717) is 6.42 Å². The van der Waals surface area contributed by atoms with E-state index in [9.17, 15) is 14.3 Å². The fraction of sp³-hybridized carbons (Fsp3) is 0.800. The van der Waals surface area contributed by atoms with Crippen LogP contribution in [0.15, 0.2) is 0 Å². The van der Waals surface area contributed by atoms with E-state index in [1.165, 1.54) is 0 Å². The van der Waals surface area contributed by atoms with Crippen molar-refractivity contribution in [2.75, 3.05) is 0 Å². The Hall–Kier alpha value is 1.72. The van der Waals surface area contributed by atoms with Crippen LogP contribution in [-0.2, 0) is 42.1 Å². The van der Waals surface area contributed by atoms with Crippen LogP contribution in [0.2, 0.25) is 0 Å². The van der Waals surface area contributed by atoms with Gasteiger partial charge in [-0.25, -0.2) is 0 Å². The molecule has 0 aromatic heterocycles. The molecule has 0 bridgehead atoms. The van der Waals surface area contributed by atoms with Crippen LogP contribution in [0.4, 0.5) is 0 Å². The molecule has 0 saturated carbocycles. The number of hydrogen-bond donors (Lipinski definition) is 2. The predicted octanol–water partition coefficient (Wildman–Crippen LogP) is -0.464. The first kappa shape index (κ1) is 42.7. The number of carboxylic acids is 1. The minimum atomic E-state index is -4.73. The maximum atomic E-state index is 10.5. The first-order chi connectivity index (χ1) is 5.39. The summed E-state index contributed by atoms with van der Waals surface area (Å²) < 4.78 is 10.5. The molecule has 1 radical (unpaired) electrons. The van der Waals surface area contributed by atoms with Crippen molar-refractivity contribution in [3.63, 3.8) is 0 Å². The zero-order valence-electron chi connectivity index (χ0n) is 8.21. The third kappa shape index (κ3) is 20.0. The first-order valence-electron chi connectivity index (χ1n) is 3.43. The van der Waals surface area contributed by atoms with Crippen LogP contribution in [0, 0.1) is 6.42 Å². The summed E-state index contributed by atoms with van der Waals surface area (Å²) in [5.41, 5.74) is -1.67. The van der Waals surface area contributed by atoms with Crippen LogP contribution in [0.3, 0.4) is 0 Å². The minimum Gasteiger partial charge on any atom is -0.778 e. The second-order valence-corrected chi connectivity index (χ2v) is 4.16. The molecule has 2 unspecified atom stereocenters. The van der Waals surface area contributed by atoms with Crippen molar-refractivity contribution in [1.82, 2.24) is 0 Å². The molecule has 0 aliphatic carbocycles. The summed E-state index contributed by atoms with van der Waals surface area (Å²) in [4.78, 5) is 29.3. The van der Waals surface area contributed by atoms with Gasteiger partial charge in [0.25, 0.3) is 0 Å². The Bertz CT molecular complexity index is 210. The van der Waals surface area contributed by atoms with E-state index in [-0.39, 0.29) is 98.4 Å². The molecule has 0 fully saturated rings. The zero-order valence-corrected chi connectivity index (χ0v) is 13.9. The van der Waals surface area contributed by atoms with E-state index in [2.05, 4.69) is 0 Å². The quantitative estimate of drug-likeness (QED) is 0.388. The van der Waals surface area contributed by atoms with Gasteiger partial charge in [-0.2, -0.15) is 13.3 Å². The van der Waals surface area contributed by atoms with Crippen molar-refractivity contribution < 1.29 is 86.5 Å². The molecule has 5 nitrogen and oxygen atoms in total. The van der Waals surface area contributed by atoms with Gasteiger partial charge in [0.1, 0.15) is 13.3 Å². The van der Waals surface area contributed by atoms with Gasteiger partial charge in [0.05, 0.1) is 0 Å². The monoisotopic (exact) mass is 370 g/mol. The van der Waals surface area contributed by atoms with Crippen LogP contribution < -0.4 is 34.5 Å². The minimum absolute atomic E-state index is 0. The Balaban J connectivity index is -0.0000000403. The van der Waals surface area contributed by atoms with Crippen LogP contribution in [0.25, 0.3) is 0 Å². The van der Waals surface area contributed by atoms with E-state index in [1.54, 1.807) is 13.3 Å². The van der Waals surface area contributed by atoms with Gasteiger partial charge >= 0.3 is 35.5 Å². The molecule has 0 aromatic carbocycles. The van der Waals surface area contributed by atoms with Gasteiger partial charge < -0.3 is 25.9 Å². The fourth-order valence-corrected chi connectivity index (χ4v) is 1.51. The Morgan fingerprint density at radius 2 is 1.67 bits per heavy atom. The molecule has 8 heteroatoms. The van der Waals surface area contributed by atoms with Gasteiger partial charge in [-0.05, 0) is 0 Å². The van der Waals surface area contributed by atoms with Gasteiger partial charge in [-0.3, -0.25) is 4.79 Å². The van der Waals surface area contributed by atoms with E-state index in [0.717, 1.165) is 0 Å². The average Bonchev–Trinajstić information content (AvgIpc) is 1.84. The molecule has 2 atom stereocenters. The summed E-state index contributed by atoms with van der Waals surface area (Å²) >= 11 is 0. The van der Waals surface area contributed by atoms with Gasteiger partial charge in [-0.1, -0.05) is 36.1 Å². The summed E-state index contributed by atoms with van der Waals surface area (Å²) in [6.45, 7) is 1.69. The average molecular weight is 370 g/mol. The molecular formula is C10H27NaO5PY-. The molecule has 0 aliphatic rings. The van der Waals surface area contributed by atoms with Gasteiger partial charge in [-0.15, -0.1) is 0 Å². The maximum Gasteiger partial charge on any atom is 1.00 e. The summed E-state index contributed by atoms with van der Waals surface area (Å²) in [7, 11) is -4.73. The topological polar surface area (TPSA) is 97.7 Å². The Morgan fingerprint density at radius 1 is 1.33 bits per heavy atom. The van der Waals surface area contributed by atoms with Crippen LogP contribution in [0.5, 0.6) is 0 Å². The van der Waals surface area contributed by atoms with Gasteiger partial charge in [0.15, 0.2) is 0 Å². The number of unbranched alkanes of at least 4 members (excludes halogenated alkanes) is 1. The van der Waals surface area contributed by atoms with Crippen molar-refractivity contribution in [1.29, 1.82) is 0 Å². The number of hydrogen-bond acceptors (Lipinski definition) is 3. The largest absolute Gasteiger partial charge is 1.00 e. The third-order valence-electron chi connectivity index (χ3n) is 1.41. The van der Waals surface area contributed by atoms with E-state index in [4.69, 9.17) is 10.00 Å². The molecule has 0 saturated heterocycles. The molecule has 0 amide bonds. The first-order valence-corrected chi connectivity index (χ1v) is 5.08. The molecule has 0 aliphatic heterocycles. The van der Waals surface area contributed by atoms with Crippen LogP contribution >= 0.6 is 7.60 Å². The van der Waals surface area contributed by atoms with Crippen molar-refractivity contribution >= 4 is 13.6 Å². The molecule has 0 rings (SSSR count). The predicted molar refractivity (Wildman–Crippen MR) is 67.4 cm³/mol. The molecule has 0 aromatic rings. The van der Waals surface area contributed by atoms with E-state index < -0.39 is 19.2 Å². The molecule has 0 spiro atoms. The third-order valence-corrected chi connectivity index (χ3v) is 2.67. The van der Waals surface area contributed by atoms with E-state index in [1.807, 2.05) is 0 Å². The van der Waals surface area contributed by atoms with E-state index >= 15 is 0 Å². The number of aliphatic carboxylic acids is 1. The van der Waals surface area contributed by atoms with Crippen molar-refractivity contribution in [3.8, 4) is 0 Å². The Morgan fingerprint density at radius 3 is 1.83 bits per heavy atom. The fourth-order valence-electron chi connectivity index (χ4n) is 0.751. The molecule has 0 heterocycles. The maximum absolute atomic E-state index is 10.5. The Labute approximate surface area is 160 Å². The Kier molecular flexibility index (Phi) is 49.9. The van der Waals surface area contributed by atoms with Gasteiger partial charge in [0.2, 0.25) is 0 Å². The van der Waals surface area contributed by atoms with Crippen molar-refractivity contribution in [2.24, 2.45) is 0 Å². The number of carboxylic acid groups (broad SMARTS) is 1. The normalized spacial score (nSPS) is 12.2. The SMILES string of the molecule is C.C.C.C.C[CH-]CCC(C(=O)O)P(=O)([O-])O.[Na+].[Y]. The molecule has 107 valence electrons. The summed E-state index contributed by atoms with van der Waals surface area (Å²) in [6, 6.07) is 0. The second-order valence-electron chi connectivity index (χ2n) is 2.40. The molecular weight excluding hydrogens is 343 g/mol. The molecule has 18 heavy (non-hydrogen) atoms. The number of carbonyl (C=O) groups is 1. The van der Waals surface area contributed by atoms with Crippen LogP contribution in [0.1, 0.15) is 49.5 Å². The van der Waals surface area contributed by atoms with Crippen molar-refractivity contribution in [2.45, 2.75) is 55.1 Å². The standard InChI is InChI=1S/C6H12O5P.4CH4.Na.Y/c1-2-3-4-5(6(7)8)12(9,10)11;;;;;;/h2,5H,3-4H2,1H3,(H,7,8)(H2,9,10,11);4*1H4;;/q-1;;;;;+1;/p-1. The summed E-state index contributed by atoms with van der Waals surface area (Å²) in [5.74, 6) is -1.50.